The Morgan fingerprint density at radius 1 is 1.00 bits per heavy atom. The number of benzene rings is 1. The van der Waals surface area contributed by atoms with E-state index in [4.69, 9.17) is 9.90 Å². The molecule has 5 rings (SSSR count). The van der Waals surface area contributed by atoms with Gasteiger partial charge in [0.2, 0.25) is 0 Å². The summed E-state index contributed by atoms with van der Waals surface area (Å²) >= 11 is 0. The van der Waals surface area contributed by atoms with Crippen molar-refractivity contribution < 1.29 is 27.9 Å². The lowest BCUT2D eigenvalue weighted by Crippen LogP contribution is -2.49. The second-order valence-electron chi connectivity index (χ2n) is 9.01. The number of fused-ring (bicyclic) bond motifs is 1. The van der Waals surface area contributed by atoms with Crippen LogP contribution in [0.1, 0.15) is 27.8 Å². The Bertz CT molecular complexity index is 1450. The fraction of sp³-hybridized carbons (Fsp3) is 0.320. The second-order valence-corrected chi connectivity index (χ2v) is 9.01. The van der Waals surface area contributed by atoms with Gasteiger partial charge < -0.3 is 10.0 Å². The SMILES string of the molecule is Cc1ccc(-c2ccc3c(C4CN(C(=O)c5ccn(C)n5)CCN4C)nnn3c2)cc1.O=C(O)C(F)(F)F. The molecule has 200 valence electrons. The third-order valence-electron chi connectivity index (χ3n) is 6.25. The maximum absolute atomic E-state index is 12.9. The number of hydrogen-bond acceptors (Lipinski definition) is 6. The van der Waals surface area contributed by atoms with E-state index in [-0.39, 0.29) is 11.9 Å². The first-order valence-electron chi connectivity index (χ1n) is 11.7. The van der Waals surface area contributed by atoms with Gasteiger partial charge in [-0.25, -0.2) is 9.31 Å². The fourth-order valence-corrected chi connectivity index (χ4v) is 4.11. The Morgan fingerprint density at radius 2 is 1.66 bits per heavy atom. The maximum atomic E-state index is 12.9. The van der Waals surface area contributed by atoms with Gasteiger partial charge in [0.25, 0.3) is 5.91 Å². The number of alkyl halides is 3. The molecular formula is C25H26F3N7O3. The highest BCUT2D eigenvalue weighted by atomic mass is 19.4. The Kier molecular flexibility index (Phi) is 7.49. The molecule has 1 amide bonds. The van der Waals surface area contributed by atoms with E-state index in [1.807, 2.05) is 22.7 Å². The number of halogens is 3. The van der Waals surface area contributed by atoms with Crippen LogP contribution >= 0.6 is 0 Å². The van der Waals surface area contributed by atoms with Gasteiger partial charge in [-0.2, -0.15) is 18.3 Å². The van der Waals surface area contributed by atoms with E-state index in [2.05, 4.69) is 70.7 Å². The molecule has 1 fully saturated rings. The van der Waals surface area contributed by atoms with E-state index in [0.29, 0.717) is 18.8 Å². The second kappa shape index (κ2) is 10.6. The number of aliphatic carboxylic acids is 1. The van der Waals surface area contributed by atoms with Crippen LogP contribution in [0.5, 0.6) is 0 Å². The highest BCUT2D eigenvalue weighted by Crippen LogP contribution is 2.28. The first kappa shape index (κ1) is 26.8. The van der Waals surface area contributed by atoms with Crippen LogP contribution < -0.4 is 0 Å². The number of amides is 1. The molecule has 0 spiro atoms. The quantitative estimate of drug-likeness (QED) is 0.434. The van der Waals surface area contributed by atoms with E-state index in [1.54, 1.807) is 16.9 Å². The van der Waals surface area contributed by atoms with E-state index >= 15 is 0 Å². The number of pyridine rings is 1. The summed E-state index contributed by atoms with van der Waals surface area (Å²) in [6.45, 7) is 4.07. The van der Waals surface area contributed by atoms with Gasteiger partial charge in [0.1, 0.15) is 11.4 Å². The van der Waals surface area contributed by atoms with Crippen LogP contribution in [0.4, 0.5) is 13.2 Å². The number of aromatic nitrogens is 5. The number of hydrogen-bond donors (Lipinski definition) is 1. The topological polar surface area (TPSA) is 109 Å². The number of carbonyl (C=O) groups is 2. The van der Waals surface area contributed by atoms with Crippen LogP contribution in [0, 0.1) is 6.92 Å². The molecule has 0 aliphatic carbocycles. The average molecular weight is 530 g/mol. The summed E-state index contributed by atoms with van der Waals surface area (Å²) in [5.41, 5.74) is 5.79. The molecule has 13 heteroatoms. The molecule has 1 unspecified atom stereocenters. The van der Waals surface area contributed by atoms with Gasteiger partial charge in [0.05, 0.1) is 11.6 Å². The molecular weight excluding hydrogens is 503 g/mol. The molecule has 1 atom stereocenters. The molecule has 38 heavy (non-hydrogen) atoms. The van der Waals surface area contributed by atoms with Crippen molar-refractivity contribution in [2.75, 3.05) is 26.7 Å². The number of aryl methyl sites for hydroxylation is 2. The van der Waals surface area contributed by atoms with Gasteiger partial charge in [-0.1, -0.05) is 41.1 Å². The van der Waals surface area contributed by atoms with Gasteiger partial charge in [-0.15, -0.1) is 5.10 Å². The molecule has 1 N–H and O–H groups in total. The van der Waals surface area contributed by atoms with E-state index in [1.165, 1.54) is 5.56 Å². The number of rotatable bonds is 3. The summed E-state index contributed by atoms with van der Waals surface area (Å²) in [6, 6.07) is 14.4. The number of carboxylic acids is 1. The molecule has 4 heterocycles. The van der Waals surface area contributed by atoms with Crippen LogP contribution in [-0.4, -0.2) is 84.2 Å². The molecule has 0 saturated carbocycles. The number of piperazine rings is 1. The summed E-state index contributed by atoms with van der Waals surface area (Å²) in [5.74, 6) is -2.80. The van der Waals surface area contributed by atoms with Crippen molar-refractivity contribution >= 4 is 17.4 Å². The smallest absolute Gasteiger partial charge is 0.475 e. The molecule has 1 saturated heterocycles. The first-order valence-corrected chi connectivity index (χ1v) is 11.7. The standard InChI is InChI=1S/C23H25N7O.C2HF3O2/c1-16-4-6-17(7-5-16)18-8-9-20-22(24-26-30(20)14-18)21-15-29(13-12-27(21)2)23(31)19-10-11-28(3)25-19;3-2(4,5)1(6)7/h4-11,14,21H,12-13,15H2,1-3H3;(H,6,7). The largest absolute Gasteiger partial charge is 0.490 e. The molecule has 1 aliphatic heterocycles. The van der Waals surface area contributed by atoms with Crippen LogP contribution in [0.2, 0.25) is 0 Å². The molecule has 0 bridgehead atoms. The van der Waals surface area contributed by atoms with Gasteiger partial charge >= 0.3 is 12.1 Å². The van der Waals surface area contributed by atoms with Crippen molar-refractivity contribution in [2.24, 2.45) is 7.05 Å². The minimum absolute atomic E-state index is 0.0239. The van der Waals surface area contributed by atoms with Crippen molar-refractivity contribution in [1.82, 2.24) is 34.4 Å². The summed E-state index contributed by atoms with van der Waals surface area (Å²) in [6.07, 6.45) is -1.28. The molecule has 1 aromatic carbocycles. The normalized spacial score (nSPS) is 16.3. The number of carbonyl (C=O) groups excluding carboxylic acids is 1. The van der Waals surface area contributed by atoms with Crippen molar-refractivity contribution in [3.8, 4) is 11.1 Å². The van der Waals surface area contributed by atoms with E-state index < -0.39 is 12.1 Å². The minimum atomic E-state index is -5.08. The molecule has 3 aromatic heterocycles. The lowest BCUT2D eigenvalue weighted by molar-refractivity contribution is -0.192. The average Bonchev–Trinajstić information content (AvgIpc) is 3.50. The zero-order chi connectivity index (χ0) is 27.6. The summed E-state index contributed by atoms with van der Waals surface area (Å²) in [7, 11) is 3.89. The molecule has 4 aromatic rings. The molecule has 1 aliphatic rings. The third kappa shape index (κ3) is 5.83. The molecule has 0 radical (unpaired) electrons. The number of nitrogens with zero attached hydrogens (tertiary/aromatic N) is 7. The lowest BCUT2D eigenvalue weighted by Gasteiger charge is -2.38. The third-order valence-corrected chi connectivity index (χ3v) is 6.25. The van der Waals surface area contributed by atoms with Crippen molar-refractivity contribution in [3.63, 3.8) is 0 Å². The predicted octanol–water partition coefficient (Wildman–Crippen LogP) is 3.20. The first-order chi connectivity index (χ1) is 17.9. The Hall–Kier alpha value is -4.26. The lowest BCUT2D eigenvalue weighted by atomic mass is 10.0. The minimum Gasteiger partial charge on any atom is -0.475 e. The molecule has 10 nitrogen and oxygen atoms in total. The predicted molar refractivity (Wildman–Crippen MR) is 131 cm³/mol. The zero-order valence-electron chi connectivity index (χ0n) is 20.9. The van der Waals surface area contributed by atoms with Crippen molar-refractivity contribution in [1.29, 1.82) is 0 Å². The number of carboxylic acid groups (broad SMARTS) is 1. The zero-order valence-corrected chi connectivity index (χ0v) is 20.9. The van der Waals surface area contributed by atoms with E-state index in [0.717, 1.165) is 28.9 Å². The van der Waals surface area contributed by atoms with Crippen LogP contribution in [-0.2, 0) is 11.8 Å². The van der Waals surface area contributed by atoms with Crippen molar-refractivity contribution in [3.05, 3.63) is 71.8 Å². The van der Waals surface area contributed by atoms with Gasteiger partial charge in [-0.05, 0) is 31.7 Å². The fourth-order valence-electron chi connectivity index (χ4n) is 4.11. The summed E-state index contributed by atoms with van der Waals surface area (Å²) in [4.78, 5) is 25.9. The van der Waals surface area contributed by atoms with Crippen LogP contribution in [0.25, 0.3) is 16.6 Å². The summed E-state index contributed by atoms with van der Waals surface area (Å²) < 4.78 is 35.2. The van der Waals surface area contributed by atoms with Crippen LogP contribution in [0.3, 0.4) is 0 Å². The van der Waals surface area contributed by atoms with Crippen LogP contribution in [0.15, 0.2) is 54.9 Å². The monoisotopic (exact) mass is 529 g/mol. The van der Waals surface area contributed by atoms with E-state index in [9.17, 15) is 18.0 Å². The Morgan fingerprint density at radius 3 is 2.26 bits per heavy atom. The number of likely N-dealkylation sites (N-methyl/N-ethyl adjacent to an activating group) is 1. The highest BCUT2D eigenvalue weighted by Gasteiger charge is 2.38. The van der Waals surface area contributed by atoms with Gasteiger partial charge in [-0.3, -0.25) is 14.4 Å². The van der Waals surface area contributed by atoms with Gasteiger partial charge in [0, 0.05) is 44.6 Å². The van der Waals surface area contributed by atoms with Gasteiger partial charge in [0.15, 0.2) is 0 Å². The Labute approximate surface area is 215 Å². The summed E-state index contributed by atoms with van der Waals surface area (Å²) in [5, 5.41) is 20.3. The highest BCUT2D eigenvalue weighted by molar-refractivity contribution is 5.92. The maximum Gasteiger partial charge on any atom is 0.490 e. The Balaban J connectivity index is 0.000000426. The van der Waals surface area contributed by atoms with Crippen molar-refractivity contribution in [2.45, 2.75) is 19.1 Å².